The minimum atomic E-state index is -1.10. The maximum atomic E-state index is 14.7. The highest BCUT2D eigenvalue weighted by Gasteiger charge is 2.47. The summed E-state index contributed by atoms with van der Waals surface area (Å²) < 4.78 is 33.5. The number of rotatable bonds is 4. The van der Waals surface area contributed by atoms with Crippen molar-refractivity contribution >= 4 is 23.1 Å². The fraction of sp³-hybridized carbons (Fsp3) is 0.154. The van der Waals surface area contributed by atoms with Gasteiger partial charge in [-0.15, -0.1) is 0 Å². The van der Waals surface area contributed by atoms with Gasteiger partial charge in [-0.1, -0.05) is 29.8 Å². The quantitative estimate of drug-likeness (QED) is 0.337. The number of hydrogen-bond acceptors (Lipinski definition) is 4. The third-order valence-corrected chi connectivity index (χ3v) is 5.64. The number of carbonyl (C=O) groups is 2. The molecule has 1 unspecified atom stereocenters. The number of nitrogens with zero attached hydrogens (tertiary/aromatic N) is 1. The molecular weight excluding hydrogens is 428 g/mol. The van der Waals surface area contributed by atoms with Crippen LogP contribution < -0.4 is 9.64 Å². The Morgan fingerprint density at radius 2 is 1.76 bits per heavy atom. The number of halogens is 2. The van der Waals surface area contributed by atoms with Gasteiger partial charge in [0.25, 0.3) is 11.7 Å². The van der Waals surface area contributed by atoms with Crippen molar-refractivity contribution in [2.75, 3.05) is 12.0 Å². The van der Waals surface area contributed by atoms with Crippen LogP contribution in [0.25, 0.3) is 5.76 Å². The van der Waals surface area contributed by atoms with E-state index in [-0.39, 0.29) is 11.3 Å². The molecule has 0 aromatic heterocycles. The summed E-state index contributed by atoms with van der Waals surface area (Å²) in [4.78, 5) is 27.2. The van der Waals surface area contributed by atoms with Crippen molar-refractivity contribution in [1.29, 1.82) is 0 Å². The maximum absolute atomic E-state index is 14.7. The summed E-state index contributed by atoms with van der Waals surface area (Å²) in [5, 5.41) is 11.2. The lowest BCUT2D eigenvalue weighted by Crippen LogP contribution is -2.30. The van der Waals surface area contributed by atoms with Gasteiger partial charge in [0.05, 0.1) is 24.4 Å². The summed E-state index contributed by atoms with van der Waals surface area (Å²) in [6, 6.07) is 13.5. The number of aliphatic hydroxyl groups excluding tert-OH is 1. The van der Waals surface area contributed by atoms with Gasteiger partial charge in [-0.3, -0.25) is 14.5 Å². The summed E-state index contributed by atoms with van der Waals surface area (Å²) >= 11 is 0. The molecule has 0 bridgehead atoms. The van der Waals surface area contributed by atoms with E-state index in [9.17, 15) is 23.5 Å². The molecule has 1 N–H and O–H groups in total. The van der Waals surface area contributed by atoms with E-state index < -0.39 is 35.1 Å². The number of amides is 1. The van der Waals surface area contributed by atoms with Crippen LogP contribution in [0.2, 0.25) is 0 Å². The van der Waals surface area contributed by atoms with E-state index >= 15 is 0 Å². The monoisotopic (exact) mass is 449 g/mol. The van der Waals surface area contributed by atoms with Gasteiger partial charge >= 0.3 is 0 Å². The van der Waals surface area contributed by atoms with Gasteiger partial charge in [-0.2, -0.15) is 0 Å². The van der Waals surface area contributed by atoms with Crippen LogP contribution in [0.15, 0.2) is 66.2 Å². The average molecular weight is 449 g/mol. The second kappa shape index (κ2) is 8.50. The summed E-state index contributed by atoms with van der Waals surface area (Å²) in [6.45, 7) is 3.61. The maximum Gasteiger partial charge on any atom is 0.300 e. The summed E-state index contributed by atoms with van der Waals surface area (Å²) in [6.07, 6.45) is 0. The minimum absolute atomic E-state index is 0.182. The van der Waals surface area contributed by atoms with E-state index in [1.807, 2.05) is 13.0 Å². The molecule has 1 amide bonds. The SMILES string of the molecule is COc1ccc(/C(O)=C2\C(=O)C(=O)N(c3ccc(F)cc3F)C2c2cccc(C)c2)cc1C. The van der Waals surface area contributed by atoms with Crippen molar-refractivity contribution < 1.29 is 28.2 Å². The average Bonchev–Trinajstić information content (AvgIpc) is 3.04. The molecule has 168 valence electrons. The molecule has 33 heavy (non-hydrogen) atoms. The number of ketones is 1. The molecule has 0 radical (unpaired) electrons. The molecule has 0 aliphatic carbocycles. The number of hydrogen-bond donors (Lipinski definition) is 1. The Balaban J connectivity index is 1.97. The number of methoxy groups -OCH3 is 1. The van der Waals surface area contributed by atoms with Crippen LogP contribution in [0, 0.1) is 25.5 Å². The summed E-state index contributed by atoms with van der Waals surface area (Å²) in [5.41, 5.74) is 1.94. The van der Waals surface area contributed by atoms with Gasteiger partial charge in [0.15, 0.2) is 0 Å². The first-order valence-electron chi connectivity index (χ1n) is 10.2. The highest BCUT2D eigenvalue weighted by Crippen LogP contribution is 2.43. The molecule has 1 aliphatic rings. The third-order valence-electron chi connectivity index (χ3n) is 5.64. The Labute approximate surface area is 189 Å². The van der Waals surface area contributed by atoms with Crippen LogP contribution >= 0.6 is 0 Å². The Bertz CT molecular complexity index is 1320. The number of aliphatic hydroxyl groups is 1. The number of carbonyl (C=O) groups excluding carboxylic acids is 2. The van der Waals surface area contributed by atoms with Crippen LogP contribution in [0.3, 0.4) is 0 Å². The Kier molecular flexibility index (Phi) is 5.72. The lowest BCUT2D eigenvalue weighted by atomic mass is 9.93. The number of anilines is 1. The van der Waals surface area contributed by atoms with E-state index in [2.05, 4.69) is 0 Å². The highest BCUT2D eigenvalue weighted by molar-refractivity contribution is 6.51. The zero-order valence-electron chi connectivity index (χ0n) is 18.2. The molecule has 1 saturated heterocycles. The van der Waals surface area contributed by atoms with E-state index in [0.717, 1.165) is 22.6 Å². The Hall–Kier alpha value is -4.00. The Morgan fingerprint density at radius 1 is 1.00 bits per heavy atom. The van der Waals surface area contributed by atoms with Crippen LogP contribution in [-0.4, -0.2) is 23.9 Å². The van der Waals surface area contributed by atoms with E-state index in [0.29, 0.717) is 28.5 Å². The van der Waals surface area contributed by atoms with E-state index in [1.54, 1.807) is 43.3 Å². The number of benzene rings is 3. The molecule has 7 heteroatoms. The summed E-state index contributed by atoms with van der Waals surface area (Å²) in [7, 11) is 1.52. The van der Waals surface area contributed by atoms with Crippen molar-refractivity contribution in [2.45, 2.75) is 19.9 Å². The fourth-order valence-corrected chi connectivity index (χ4v) is 4.09. The van der Waals surface area contributed by atoms with Crippen LogP contribution in [0.1, 0.15) is 28.3 Å². The number of Topliss-reactive ketones (excluding diaryl/α,β-unsaturated/α-hetero) is 1. The normalized spacial score (nSPS) is 17.5. The predicted molar refractivity (Wildman–Crippen MR) is 120 cm³/mol. The molecule has 3 aromatic rings. The first-order valence-corrected chi connectivity index (χ1v) is 10.2. The van der Waals surface area contributed by atoms with E-state index in [1.165, 1.54) is 7.11 Å². The number of ether oxygens (including phenoxy) is 1. The van der Waals surface area contributed by atoms with Gasteiger partial charge < -0.3 is 9.84 Å². The van der Waals surface area contributed by atoms with Crippen molar-refractivity contribution in [1.82, 2.24) is 0 Å². The van der Waals surface area contributed by atoms with Crippen LogP contribution in [0.4, 0.5) is 14.5 Å². The molecule has 0 spiro atoms. The van der Waals surface area contributed by atoms with Crippen LogP contribution in [0.5, 0.6) is 5.75 Å². The van der Waals surface area contributed by atoms with Gasteiger partial charge in [0, 0.05) is 11.6 Å². The second-order valence-electron chi connectivity index (χ2n) is 7.86. The molecule has 1 heterocycles. The van der Waals surface area contributed by atoms with Crippen molar-refractivity contribution in [3.05, 3.63) is 100 Å². The molecule has 1 aliphatic heterocycles. The highest BCUT2D eigenvalue weighted by atomic mass is 19.1. The first kappa shape index (κ1) is 22.2. The van der Waals surface area contributed by atoms with Gasteiger partial charge in [-0.05, 0) is 55.3 Å². The van der Waals surface area contributed by atoms with Crippen molar-refractivity contribution in [3.63, 3.8) is 0 Å². The molecule has 1 atom stereocenters. The second-order valence-corrected chi connectivity index (χ2v) is 7.86. The molecule has 1 fully saturated rings. The largest absolute Gasteiger partial charge is 0.507 e. The predicted octanol–water partition coefficient (Wildman–Crippen LogP) is 5.22. The molecule has 5 nitrogen and oxygen atoms in total. The zero-order chi connectivity index (χ0) is 23.9. The molecular formula is C26H21F2NO4. The van der Waals surface area contributed by atoms with Gasteiger partial charge in [0.1, 0.15) is 23.1 Å². The lowest BCUT2D eigenvalue weighted by molar-refractivity contribution is -0.132. The molecule has 3 aromatic carbocycles. The standard InChI is InChI=1S/C26H21F2NO4/c1-14-5-4-6-16(11-14)23-22(24(30)17-7-10-21(33-3)15(2)12-17)25(31)26(32)29(23)20-9-8-18(27)13-19(20)28/h4-13,23,30H,1-3H3/b24-22+. The smallest absolute Gasteiger partial charge is 0.300 e. The van der Waals surface area contributed by atoms with Crippen molar-refractivity contribution in [3.8, 4) is 5.75 Å². The van der Waals surface area contributed by atoms with E-state index in [4.69, 9.17) is 4.74 Å². The van der Waals surface area contributed by atoms with Crippen LogP contribution in [-0.2, 0) is 9.59 Å². The molecule has 0 saturated carbocycles. The van der Waals surface area contributed by atoms with Crippen molar-refractivity contribution in [2.24, 2.45) is 0 Å². The Morgan fingerprint density at radius 3 is 2.39 bits per heavy atom. The third kappa shape index (κ3) is 3.86. The van der Waals surface area contributed by atoms with Gasteiger partial charge in [-0.25, -0.2) is 8.78 Å². The number of aryl methyl sites for hydroxylation is 2. The lowest BCUT2D eigenvalue weighted by Gasteiger charge is -2.26. The summed E-state index contributed by atoms with van der Waals surface area (Å²) in [5.74, 6) is -3.58. The first-order chi connectivity index (χ1) is 15.7. The van der Waals surface area contributed by atoms with Gasteiger partial charge in [0.2, 0.25) is 0 Å². The zero-order valence-corrected chi connectivity index (χ0v) is 18.2. The topological polar surface area (TPSA) is 66.8 Å². The minimum Gasteiger partial charge on any atom is -0.507 e. The molecule has 4 rings (SSSR count). The fourth-order valence-electron chi connectivity index (χ4n) is 4.09.